The molecule has 0 radical (unpaired) electrons. The third-order valence-electron chi connectivity index (χ3n) is 2.24. The van der Waals surface area contributed by atoms with E-state index in [-0.39, 0.29) is 29.7 Å². The van der Waals surface area contributed by atoms with Crippen LogP contribution in [0, 0.1) is 0 Å². The molecular formula is C16H50O3Si4. The molecule has 0 bridgehead atoms. The van der Waals surface area contributed by atoms with Crippen molar-refractivity contribution in [1.29, 1.82) is 0 Å². The predicted octanol–water partition coefficient (Wildman–Crippen LogP) is 7.43. The Morgan fingerprint density at radius 3 is 1.17 bits per heavy atom. The van der Waals surface area contributed by atoms with Crippen molar-refractivity contribution < 1.29 is 12.3 Å². The van der Waals surface area contributed by atoms with Crippen LogP contribution < -0.4 is 0 Å². The Labute approximate surface area is 154 Å². The highest BCUT2D eigenvalue weighted by Gasteiger charge is 2.43. The van der Waals surface area contributed by atoms with Gasteiger partial charge in [0.2, 0.25) is 0 Å². The minimum atomic E-state index is -2.10. The maximum absolute atomic E-state index is 6.52. The maximum Gasteiger partial charge on any atom is 0.315 e. The highest BCUT2D eigenvalue weighted by molar-refractivity contribution is 6.89. The molecule has 0 rings (SSSR count). The fourth-order valence-corrected chi connectivity index (χ4v) is 20.6. The molecule has 0 aliphatic heterocycles. The van der Waals surface area contributed by atoms with Crippen molar-refractivity contribution in [2.24, 2.45) is 0 Å². The Kier molecular flexibility index (Phi) is 18.5. The lowest BCUT2D eigenvalue weighted by Gasteiger charge is -2.41. The van der Waals surface area contributed by atoms with Crippen LogP contribution in [0.25, 0.3) is 0 Å². The Bertz CT molecular complexity index is 286. The molecular weight excluding hydrogens is 353 g/mol. The summed E-state index contributed by atoms with van der Waals surface area (Å²) < 4.78 is 19.3. The number of rotatable bonds is 8. The summed E-state index contributed by atoms with van der Waals surface area (Å²) in [4.78, 5) is 0. The van der Waals surface area contributed by atoms with Crippen LogP contribution in [0.15, 0.2) is 0 Å². The number of hydrogen-bond donors (Lipinski definition) is 0. The van der Waals surface area contributed by atoms with Gasteiger partial charge >= 0.3 is 17.1 Å². The summed E-state index contributed by atoms with van der Waals surface area (Å²) in [6, 6.07) is 1.06. The monoisotopic (exact) mass is 402 g/mol. The normalized spacial score (nSPS) is 14.3. The Morgan fingerprint density at radius 2 is 0.913 bits per heavy atom. The van der Waals surface area contributed by atoms with Crippen molar-refractivity contribution in [2.75, 3.05) is 0 Å². The van der Waals surface area contributed by atoms with Crippen molar-refractivity contribution in [3.8, 4) is 0 Å². The Balaban J connectivity index is -0.000000270. The summed E-state index contributed by atoms with van der Waals surface area (Å²) >= 11 is 0. The van der Waals surface area contributed by atoms with Gasteiger partial charge < -0.3 is 12.3 Å². The highest BCUT2D eigenvalue weighted by atomic mass is 28.5. The van der Waals surface area contributed by atoms with Gasteiger partial charge in [0.05, 0.1) is 0 Å². The molecule has 0 spiro atoms. The third-order valence-corrected chi connectivity index (χ3v) is 15.9. The van der Waals surface area contributed by atoms with E-state index in [1.54, 1.807) is 0 Å². The first kappa shape index (κ1) is 35.0. The zero-order valence-electron chi connectivity index (χ0n) is 14.6. The molecule has 1 unspecified atom stereocenters. The van der Waals surface area contributed by atoms with Gasteiger partial charge in [-0.25, -0.2) is 0 Å². The first-order valence-corrected chi connectivity index (χ1v) is 19.4. The van der Waals surface area contributed by atoms with Gasteiger partial charge in [0.1, 0.15) is 0 Å². The van der Waals surface area contributed by atoms with Crippen molar-refractivity contribution in [1.82, 2.24) is 0 Å². The summed E-state index contributed by atoms with van der Waals surface area (Å²) in [7, 11) is -7.32. The lowest BCUT2D eigenvalue weighted by atomic mass is 10.6. The van der Waals surface area contributed by atoms with E-state index in [2.05, 4.69) is 65.8 Å². The van der Waals surface area contributed by atoms with E-state index in [9.17, 15) is 0 Å². The van der Waals surface area contributed by atoms with Crippen LogP contribution >= 0.6 is 0 Å². The molecule has 0 aromatic heterocycles. The molecule has 0 N–H and O–H groups in total. The zero-order chi connectivity index (χ0) is 15.5. The second-order valence-electron chi connectivity index (χ2n) is 7.81. The van der Waals surface area contributed by atoms with E-state index in [0.717, 1.165) is 12.5 Å². The molecule has 3 nitrogen and oxygen atoms in total. The molecule has 0 aliphatic carbocycles. The number of hydrogen-bond acceptors (Lipinski definition) is 3. The fourth-order valence-electron chi connectivity index (χ4n) is 2.50. The minimum absolute atomic E-state index is 0. The molecule has 0 aromatic carbocycles. The lowest BCUT2D eigenvalue weighted by Crippen LogP contribution is -2.56. The summed E-state index contributed by atoms with van der Waals surface area (Å²) in [5, 5.41) is 0. The molecule has 0 saturated heterocycles. The van der Waals surface area contributed by atoms with Gasteiger partial charge in [-0.15, -0.1) is 0 Å². The van der Waals surface area contributed by atoms with Gasteiger partial charge in [-0.1, -0.05) is 43.1 Å². The van der Waals surface area contributed by atoms with E-state index < -0.39 is 33.8 Å². The molecule has 7 heteroatoms. The van der Waals surface area contributed by atoms with Gasteiger partial charge in [-0.05, 0) is 65.0 Å². The van der Waals surface area contributed by atoms with Crippen LogP contribution in [0.4, 0.5) is 0 Å². The van der Waals surface area contributed by atoms with Crippen LogP contribution in [-0.4, -0.2) is 33.8 Å². The van der Waals surface area contributed by atoms with Gasteiger partial charge in [0.25, 0.3) is 0 Å². The van der Waals surface area contributed by atoms with Crippen molar-refractivity contribution in [3.63, 3.8) is 0 Å². The first-order chi connectivity index (χ1) is 8.18. The average molecular weight is 403 g/mol. The molecule has 148 valence electrons. The molecule has 23 heavy (non-hydrogen) atoms. The van der Waals surface area contributed by atoms with Crippen LogP contribution in [-0.2, 0) is 12.3 Å². The molecule has 0 aromatic rings. The van der Waals surface area contributed by atoms with Crippen LogP contribution in [0.3, 0.4) is 0 Å². The smallest absolute Gasteiger partial charge is 0.315 e. The molecule has 1 atom stereocenters. The van der Waals surface area contributed by atoms with Crippen molar-refractivity contribution in [3.05, 3.63) is 0 Å². The van der Waals surface area contributed by atoms with Gasteiger partial charge in [-0.3, -0.25) is 0 Å². The molecule has 0 saturated carbocycles. The molecule has 0 amide bonds. The van der Waals surface area contributed by atoms with Gasteiger partial charge in [0.15, 0.2) is 16.6 Å². The van der Waals surface area contributed by atoms with E-state index in [1.807, 2.05) is 0 Å². The van der Waals surface area contributed by atoms with Crippen LogP contribution in [0.2, 0.25) is 65.0 Å². The maximum atomic E-state index is 6.52. The summed E-state index contributed by atoms with van der Waals surface area (Å²) in [5.74, 6) is 0. The second kappa shape index (κ2) is 12.2. The quantitative estimate of drug-likeness (QED) is 0.395. The Hall–Kier alpha value is 0.748. The van der Waals surface area contributed by atoms with Crippen molar-refractivity contribution in [2.45, 2.75) is 108 Å². The van der Waals surface area contributed by atoms with E-state index in [4.69, 9.17) is 12.3 Å². The van der Waals surface area contributed by atoms with Crippen molar-refractivity contribution >= 4 is 33.8 Å². The topological polar surface area (TPSA) is 27.7 Å². The second-order valence-corrected chi connectivity index (χ2v) is 24.3. The fraction of sp³-hybridized carbons (Fsp3) is 1.00. The summed E-state index contributed by atoms with van der Waals surface area (Å²) in [6.07, 6.45) is 1.12. The van der Waals surface area contributed by atoms with Gasteiger partial charge in [-0.2, -0.15) is 0 Å². The van der Waals surface area contributed by atoms with Crippen LogP contribution in [0.1, 0.15) is 43.1 Å². The van der Waals surface area contributed by atoms with Gasteiger partial charge in [0, 0.05) is 0 Å². The van der Waals surface area contributed by atoms with E-state index >= 15 is 0 Å². The highest BCUT2D eigenvalue weighted by Crippen LogP contribution is 2.27. The molecule has 0 aliphatic rings. The summed E-state index contributed by atoms with van der Waals surface area (Å²) in [6.45, 7) is 22.2. The predicted molar refractivity (Wildman–Crippen MR) is 121 cm³/mol. The Morgan fingerprint density at radius 1 is 0.565 bits per heavy atom. The SMILES string of the molecule is C.C.C.C.CCC[Si](C)(O[Si](C)(C)C)O[Si](C)(C)O[Si](C)(C)C. The molecule has 0 fully saturated rings. The minimum Gasteiger partial charge on any atom is -0.437 e. The van der Waals surface area contributed by atoms with E-state index in [0.29, 0.717) is 0 Å². The summed E-state index contributed by atoms with van der Waals surface area (Å²) in [5.41, 5.74) is 0. The van der Waals surface area contributed by atoms with E-state index in [1.165, 1.54) is 0 Å². The first-order valence-electron chi connectivity index (χ1n) is 7.29. The molecule has 0 heterocycles. The lowest BCUT2D eigenvalue weighted by molar-refractivity contribution is 0.323. The van der Waals surface area contributed by atoms with Crippen LogP contribution in [0.5, 0.6) is 0 Å². The largest absolute Gasteiger partial charge is 0.437 e. The average Bonchev–Trinajstić information content (AvgIpc) is 1.90. The standard InChI is InChI=1S/C12H34O3Si4.4CH4/c1-11-12-19(10,14-17(5,6)7)15-18(8,9)13-16(2,3)4;;;;/h11-12H2,1-10H3;4*1H4. The zero-order valence-corrected chi connectivity index (χ0v) is 18.6. The third kappa shape index (κ3) is 18.9.